The summed E-state index contributed by atoms with van der Waals surface area (Å²) in [7, 11) is 0. The fraction of sp³-hybridized carbons (Fsp3) is 0.458. The molecule has 3 rings (SSSR count). The minimum atomic E-state index is -1.93. The van der Waals surface area contributed by atoms with Crippen molar-refractivity contribution < 1.29 is 63.0 Å². The molecular weight excluding hydrogens is 953 g/mol. The van der Waals surface area contributed by atoms with Gasteiger partial charge in [-0.15, -0.1) is 0 Å². The Hall–Kier alpha value is -8.38. The van der Waals surface area contributed by atoms with E-state index in [1.807, 2.05) is 6.92 Å². The number of pyridine rings is 3. The molecule has 0 aliphatic carbocycles. The number of hydrogen-bond donors (Lipinski definition) is 11. The zero-order valence-corrected chi connectivity index (χ0v) is 41.1. The lowest BCUT2D eigenvalue weighted by Crippen LogP contribution is -2.60. The summed E-state index contributed by atoms with van der Waals surface area (Å²) in [6, 6.07) is 4.31. The van der Waals surface area contributed by atoms with Crippen molar-refractivity contribution >= 4 is 65.1 Å². The molecule has 3 heterocycles. The maximum atomic E-state index is 14.1. The number of rotatable bonds is 30. The summed E-state index contributed by atoms with van der Waals surface area (Å²) in [5.41, 5.74) is 6.63. The van der Waals surface area contributed by atoms with E-state index in [9.17, 15) is 63.0 Å². The highest BCUT2D eigenvalue weighted by molar-refractivity contribution is 5.98. The molecule has 0 saturated heterocycles. The van der Waals surface area contributed by atoms with Gasteiger partial charge in [-0.2, -0.15) is 0 Å². The van der Waals surface area contributed by atoms with E-state index < -0.39 is 139 Å². The van der Waals surface area contributed by atoms with E-state index in [-0.39, 0.29) is 30.9 Å². The SMILES string of the molecule is CCC(C)[C@H](NC(=O)[C@H](Cc1ccccn1)NC(=O)CNC(=O)[C@@H](NC(=O)[C@H](Cc1ccccn1)NC(=O)[C@H](CC(=O)O)NC(=O)[C@H](CCC(=O)O)NC(=O)[C@H](Cc1ccccn1)NC(C)=O)C(C)C)C(N)=O. The molecule has 0 spiro atoms. The Labute approximate surface area is 420 Å². The van der Waals surface area contributed by atoms with E-state index in [0.29, 0.717) is 17.8 Å². The second-order valence-corrected chi connectivity index (χ2v) is 17.4. The lowest BCUT2D eigenvalue weighted by Gasteiger charge is -2.27. The molecule has 0 bridgehead atoms. The van der Waals surface area contributed by atoms with E-state index in [1.165, 1.54) is 24.7 Å². The molecule has 394 valence electrons. The standard InChI is InChI=1S/C48H64N12O13/c1-6-27(4)41(42(49)67)60-46(71)34(22-30-14-8-11-19-51-30)55-37(62)25-53-48(73)40(26(2)3)59-47(72)35(23-31-15-9-12-20-52-31)57-45(70)36(24-39(65)66)58-43(68)32(16-17-38(63)64)56-44(69)33(54-28(5)61)21-29-13-7-10-18-50-29/h7-15,18-20,26-27,32-36,40-41H,6,16-17,21-25H2,1-5H3,(H2,49,67)(H,53,73)(H,54,61)(H,55,62)(H,56,69)(H,57,70)(H,58,68)(H,59,72)(H,60,71)(H,63,64)(H,65,66)/t27?,32-,33-,34-,35-,36-,40-,41-/m0/s1. The quantitative estimate of drug-likeness (QED) is 0.0343. The minimum absolute atomic E-state index is 0.0983. The van der Waals surface area contributed by atoms with Gasteiger partial charge >= 0.3 is 11.9 Å². The number of hydrogen-bond acceptors (Lipinski definition) is 14. The fourth-order valence-corrected chi connectivity index (χ4v) is 7.09. The molecule has 9 amide bonds. The molecule has 0 fully saturated rings. The van der Waals surface area contributed by atoms with Crippen LogP contribution in [0.4, 0.5) is 0 Å². The average molecular weight is 1020 g/mol. The van der Waals surface area contributed by atoms with Crippen LogP contribution in [0, 0.1) is 11.8 Å². The Kier molecular flexibility index (Phi) is 24.0. The molecule has 3 aromatic heterocycles. The summed E-state index contributed by atoms with van der Waals surface area (Å²) in [4.78, 5) is 156. The molecule has 0 aliphatic heterocycles. The summed E-state index contributed by atoms with van der Waals surface area (Å²) in [6.45, 7) is 7.14. The predicted octanol–water partition coefficient (Wildman–Crippen LogP) is -2.04. The zero-order valence-electron chi connectivity index (χ0n) is 41.1. The molecule has 3 aromatic rings. The number of aliphatic carboxylic acids is 2. The van der Waals surface area contributed by atoms with Crippen LogP contribution in [-0.2, 0) is 72.0 Å². The normalized spacial score (nSPS) is 14.2. The first-order valence-electron chi connectivity index (χ1n) is 23.4. The monoisotopic (exact) mass is 1020 g/mol. The number of nitrogens with one attached hydrogen (secondary N) is 8. The van der Waals surface area contributed by atoms with Gasteiger partial charge in [0.25, 0.3) is 0 Å². The maximum absolute atomic E-state index is 14.1. The smallest absolute Gasteiger partial charge is 0.305 e. The summed E-state index contributed by atoms with van der Waals surface area (Å²) in [5, 5.41) is 38.9. The number of carboxylic acids is 2. The number of nitrogens with zero attached hydrogens (tertiary/aromatic N) is 3. The van der Waals surface area contributed by atoms with Crippen molar-refractivity contribution in [2.75, 3.05) is 6.54 Å². The highest BCUT2D eigenvalue weighted by Gasteiger charge is 2.35. The molecule has 25 nitrogen and oxygen atoms in total. The third-order valence-electron chi connectivity index (χ3n) is 11.2. The van der Waals surface area contributed by atoms with Crippen LogP contribution < -0.4 is 48.3 Å². The third kappa shape index (κ3) is 20.9. The van der Waals surface area contributed by atoms with Crippen molar-refractivity contribution in [1.29, 1.82) is 0 Å². The van der Waals surface area contributed by atoms with Crippen LogP contribution in [0.3, 0.4) is 0 Å². The van der Waals surface area contributed by atoms with Gasteiger partial charge in [-0.05, 0) is 54.7 Å². The summed E-state index contributed by atoms with van der Waals surface area (Å²) >= 11 is 0. The zero-order chi connectivity index (χ0) is 54.2. The molecule has 0 aliphatic rings. The number of nitrogens with two attached hydrogens (primary N) is 1. The van der Waals surface area contributed by atoms with E-state index in [2.05, 4.69) is 57.5 Å². The molecule has 73 heavy (non-hydrogen) atoms. The van der Waals surface area contributed by atoms with Crippen molar-refractivity contribution in [3.63, 3.8) is 0 Å². The molecule has 0 aromatic carbocycles. The van der Waals surface area contributed by atoms with E-state index in [4.69, 9.17) is 5.73 Å². The van der Waals surface area contributed by atoms with E-state index >= 15 is 0 Å². The van der Waals surface area contributed by atoms with Gasteiger partial charge in [-0.3, -0.25) is 67.7 Å². The number of carbonyl (C=O) groups is 11. The van der Waals surface area contributed by atoms with Gasteiger partial charge in [0.1, 0.15) is 42.3 Å². The van der Waals surface area contributed by atoms with Crippen molar-refractivity contribution in [1.82, 2.24) is 57.5 Å². The number of carboxylic acid groups (broad SMARTS) is 2. The van der Waals surface area contributed by atoms with Crippen LogP contribution in [0.25, 0.3) is 0 Å². The lowest BCUT2D eigenvalue weighted by molar-refractivity contribution is -0.141. The first-order valence-corrected chi connectivity index (χ1v) is 23.4. The van der Waals surface area contributed by atoms with Gasteiger partial charge in [0.2, 0.25) is 53.2 Å². The number of primary amides is 1. The van der Waals surface area contributed by atoms with Crippen molar-refractivity contribution in [2.45, 2.75) is 122 Å². The van der Waals surface area contributed by atoms with Gasteiger partial charge in [-0.25, -0.2) is 0 Å². The van der Waals surface area contributed by atoms with Crippen molar-refractivity contribution in [2.24, 2.45) is 17.6 Å². The molecule has 8 atom stereocenters. The van der Waals surface area contributed by atoms with Crippen LogP contribution in [0.1, 0.15) is 77.4 Å². The Balaban J connectivity index is 1.83. The van der Waals surface area contributed by atoms with Gasteiger partial charge < -0.3 is 58.5 Å². The molecule has 1 unspecified atom stereocenters. The van der Waals surface area contributed by atoms with Crippen LogP contribution in [0.2, 0.25) is 0 Å². The Morgan fingerprint density at radius 3 is 1.38 bits per heavy atom. The van der Waals surface area contributed by atoms with Gasteiger partial charge in [0, 0.05) is 68.3 Å². The molecule has 25 heteroatoms. The highest BCUT2D eigenvalue weighted by atomic mass is 16.4. The van der Waals surface area contributed by atoms with Crippen molar-refractivity contribution in [3.8, 4) is 0 Å². The summed E-state index contributed by atoms with van der Waals surface area (Å²) in [5.74, 6) is -12.0. The van der Waals surface area contributed by atoms with Crippen LogP contribution in [0.5, 0.6) is 0 Å². The number of aromatic nitrogens is 3. The van der Waals surface area contributed by atoms with Gasteiger partial charge in [-0.1, -0.05) is 52.3 Å². The first-order chi connectivity index (χ1) is 34.6. The first kappa shape index (κ1) is 58.9. The summed E-state index contributed by atoms with van der Waals surface area (Å²) < 4.78 is 0. The van der Waals surface area contributed by atoms with Crippen LogP contribution >= 0.6 is 0 Å². The predicted molar refractivity (Wildman–Crippen MR) is 259 cm³/mol. The second-order valence-electron chi connectivity index (χ2n) is 17.4. The molecular formula is C48H64N12O13. The average Bonchev–Trinajstić information content (AvgIpc) is 3.34. The third-order valence-corrected chi connectivity index (χ3v) is 11.2. The van der Waals surface area contributed by atoms with Crippen LogP contribution in [0.15, 0.2) is 73.2 Å². The van der Waals surface area contributed by atoms with E-state index in [0.717, 1.165) is 6.92 Å². The largest absolute Gasteiger partial charge is 0.481 e. The second kappa shape index (κ2) is 29.7. The fourth-order valence-electron chi connectivity index (χ4n) is 7.09. The Bertz CT molecular complexity index is 2400. The Morgan fingerprint density at radius 1 is 0.534 bits per heavy atom. The minimum Gasteiger partial charge on any atom is -0.481 e. The highest BCUT2D eigenvalue weighted by Crippen LogP contribution is 2.11. The van der Waals surface area contributed by atoms with Gasteiger partial charge in [0.15, 0.2) is 0 Å². The molecule has 0 saturated carbocycles. The number of carbonyl (C=O) groups excluding carboxylic acids is 9. The van der Waals surface area contributed by atoms with E-state index in [1.54, 1.807) is 69.3 Å². The number of amides is 9. The molecule has 12 N–H and O–H groups in total. The topological polar surface area (TPSA) is 389 Å². The maximum Gasteiger partial charge on any atom is 0.305 e. The summed E-state index contributed by atoms with van der Waals surface area (Å²) in [6.07, 6.45) is 2.03. The van der Waals surface area contributed by atoms with Crippen molar-refractivity contribution in [3.05, 3.63) is 90.3 Å². The lowest BCUT2D eigenvalue weighted by atomic mass is 9.98. The Morgan fingerprint density at radius 2 is 0.959 bits per heavy atom. The van der Waals surface area contributed by atoms with Gasteiger partial charge in [0.05, 0.1) is 13.0 Å². The van der Waals surface area contributed by atoms with Crippen LogP contribution in [-0.4, -0.2) is 139 Å². The molecule has 0 radical (unpaired) electrons.